The molecule has 0 radical (unpaired) electrons. The van der Waals surface area contributed by atoms with Crippen molar-refractivity contribution in [1.29, 1.82) is 0 Å². The lowest BCUT2D eigenvalue weighted by Crippen LogP contribution is -2.25. The van der Waals surface area contributed by atoms with Gasteiger partial charge in [-0.05, 0) is 0 Å². The van der Waals surface area contributed by atoms with E-state index in [1.54, 1.807) is 0 Å². The highest BCUT2D eigenvalue weighted by atomic mass is 16.1. The Bertz CT molecular complexity index is 424. The second-order valence-corrected chi connectivity index (χ2v) is 3.08. The number of nitrogens with one attached hydrogen (secondary N) is 1. The van der Waals surface area contributed by atoms with Crippen LogP contribution in [0.25, 0.3) is 0 Å². The minimum absolute atomic E-state index is 0.227. The second kappa shape index (κ2) is 4.68. The molecule has 5 nitrogen and oxygen atoms in total. The molecule has 5 heteroatoms. The average molecular weight is 206 g/mol. The molecule has 5 N–H and O–H groups in total. The lowest BCUT2D eigenvalue weighted by molar-refractivity contribution is 0.783. The summed E-state index contributed by atoms with van der Waals surface area (Å²) in [6.45, 7) is 7.02. The van der Waals surface area contributed by atoms with E-state index in [2.05, 4.69) is 23.1 Å². The molecule has 0 fully saturated rings. The van der Waals surface area contributed by atoms with Crippen LogP contribution >= 0.6 is 0 Å². The largest absolute Gasteiger partial charge is 0.321 e. The number of nitrogens with zero attached hydrogens (tertiary/aromatic N) is 1. The molecule has 2 atom stereocenters. The van der Waals surface area contributed by atoms with E-state index < -0.39 is 12.1 Å². The summed E-state index contributed by atoms with van der Waals surface area (Å²) in [5.74, 6) is 0. The summed E-state index contributed by atoms with van der Waals surface area (Å²) >= 11 is 0. The number of aromatic amines is 1. The van der Waals surface area contributed by atoms with Gasteiger partial charge in [0, 0.05) is 6.20 Å². The summed E-state index contributed by atoms with van der Waals surface area (Å²) in [5, 5.41) is 0. The molecule has 1 rings (SSSR count). The summed E-state index contributed by atoms with van der Waals surface area (Å²) in [7, 11) is 0. The third-order valence-corrected chi connectivity index (χ3v) is 2.02. The van der Waals surface area contributed by atoms with Gasteiger partial charge >= 0.3 is 0 Å². The Morgan fingerprint density at radius 1 is 1.33 bits per heavy atom. The zero-order valence-corrected chi connectivity index (χ0v) is 8.31. The summed E-state index contributed by atoms with van der Waals surface area (Å²) in [6.07, 6.45) is 4.44. The third kappa shape index (κ3) is 2.39. The first-order valence-electron chi connectivity index (χ1n) is 4.45. The van der Waals surface area contributed by atoms with E-state index in [1.165, 1.54) is 18.3 Å². The third-order valence-electron chi connectivity index (χ3n) is 2.02. The van der Waals surface area contributed by atoms with Crippen molar-refractivity contribution in [3.05, 3.63) is 53.2 Å². The van der Waals surface area contributed by atoms with Crippen molar-refractivity contribution >= 4 is 0 Å². The van der Waals surface area contributed by atoms with Crippen LogP contribution < -0.4 is 17.0 Å². The molecule has 0 bridgehead atoms. The molecule has 15 heavy (non-hydrogen) atoms. The quantitative estimate of drug-likeness (QED) is 0.610. The van der Waals surface area contributed by atoms with Crippen LogP contribution in [0.2, 0.25) is 0 Å². The molecule has 1 aromatic heterocycles. The summed E-state index contributed by atoms with van der Waals surface area (Å²) < 4.78 is 0. The molecule has 0 aliphatic heterocycles. The van der Waals surface area contributed by atoms with Crippen LogP contribution in [0.5, 0.6) is 0 Å². The highest BCUT2D eigenvalue weighted by molar-refractivity contribution is 5.14. The maximum Gasteiger partial charge on any atom is 0.271 e. The fourth-order valence-corrected chi connectivity index (χ4v) is 1.07. The molecular weight excluding hydrogens is 192 g/mol. The van der Waals surface area contributed by atoms with Gasteiger partial charge in [-0.3, -0.25) is 9.78 Å². The van der Waals surface area contributed by atoms with E-state index in [1.807, 2.05) is 0 Å². The first kappa shape index (κ1) is 11.4. The van der Waals surface area contributed by atoms with Gasteiger partial charge in [0.05, 0.1) is 17.8 Å². The molecule has 2 unspecified atom stereocenters. The number of aromatic nitrogens is 2. The van der Waals surface area contributed by atoms with E-state index in [0.29, 0.717) is 5.69 Å². The van der Waals surface area contributed by atoms with Crippen LogP contribution in [0.1, 0.15) is 23.5 Å². The van der Waals surface area contributed by atoms with Crippen LogP contribution in [-0.4, -0.2) is 9.97 Å². The first-order valence-corrected chi connectivity index (χ1v) is 4.45. The number of H-pyrrole nitrogens is 1. The van der Waals surface area contributed by atoms with Crippen molar-refractivity contribution in [2.75, 3.05) is 0 Å². The van der Waals surface area contributed by atoms with Gasteiger partial charge in [-0.15, -0.1) is 13.2 Å². The first-order chi connectivity index (χ1) is 7.10. The number of nitrogens with two attached hydrogens (primary N) is 2. The number of hydrogen-bond donors (Lipinski definition) is 3. The van der Waals surface area contributed by atoms with Crippen LogP contribution in [-0.2, 0) is 0 Å². The topological polar surface area (TPSA) is 97.8 Å². The Morgan fingerprint density at radius 3 is 2.40 bits per heavy atom. The maximum absolute atomic E-state index is 11.5. The van der Waals surface area contributed by atoms with Gasteiger partial charge in [0.1, 0.15) is 5.69 Å². The maximum atomic E-state index is 11.5. The predicted molar refractivity (Wildman–Crippen MR) is 59.1 cm³/mol. The van der Waals surface area contributed by atoms with Crippen molar-refractivity contribution in [3.63, 3.8) is 0 Å². The number of rotatable bonds is 4. The lowest BCUT2D eigenvalue weighted by Gasteiger charge is -2.08. The highest BCUT2D eigenvalue weighted by Crippen LogP contribution is 2.06. The van der Waals surface area contributed by atoms with E-state index in [0.717, 1.165) is 0 Å². The predicted octanol–water partition coefficient (Wildman–Crippen LogP) is 0.142. The van der Waals surface area contributed by atoms with Gasteiger partial charge in [-0.25, -0.2) is 0 Å². The van der Waals surface area contributed by atoms with Gasteiger partial charge in [-0.1, -0.05) is 12.2 Å². The van der Waals surface area contributed by atoms with Crippen molar-refractivity contribution < 1.29 is 0 Å². The Hall–Kier alpha value is -1.72. The standard InChI is InChI=1S/C10H14N4O/c1-3-6(11)8-5-13-9(7(12)4-2)10(15)14-8/h3-7H,1-2,11-12H2,(H,14,15). The van der Waals surface area contributed by atoms with E-state index in [9.17, 15) is 4.79 Å². The van der Waals surface area contributed by atoms with Gasteiger partial charge in [0.25, 0.3) is 5.56 Å². The van der Waals surface area contributed by atoms with Gasteiger partial charge < -0.3 is 16.5 Å². The fraction of sp³-hybridized carbons (Fsp3) is 0.200. The molecule has 0 aliphatic rings. The Morgan fingerprint density at radius 2 is 1.93 bits per heavy atom. The van der Waals surface area contributed by atoms with Crippen molar-refractivity contribution in [1.82, 2.24) is 9.97 Å². The molecule has 0 saturated carbocycles. The zero-order chi connectivity index (χ0) is 11.4. The Kier molecular flexibility index (Phi) is 3.54. The van der Waals surface area contributed by atoms with E-state index in [-0.39, 0.29) is 11.3 Å². The van der Waals surface area contributed by atoms with Crippen LogP contribution in [0.4, 0.5) is 0 Å². The molecular formula is C10H14N4O. The summed E-state index contributed by atoms with van der Waals surface area (Å²) in [5.41, 5.74) is 11.6. The second-order valence-electron chi connectivity index (χ2n) is 3.08. The van der Waals surface area contributed by atoms with Gasteiger partial charge in [0.2, 0.25) is 0 Å². The number of hydrogen-bond acceptors (Lipinski definition) is 4. The summed E-state index contributed by atoms with van der Waals surface area (Å²) in [6, 6.07) is -0.998. The van der Waals surface area contributed by atoms with Gasteiger partial charge in [0.15, 0.2) is 0 Å². The molecule has 0 saturated heterocycles. The molecule has 0 amide bonds. The smallest absolute Gasteiger partial charge is 0.271 e. The van der Waals surface area contributed by atoms with Crippen molar-refractivity contribution in [2.24, 2.45) is 11.5 Å². The SMILES string of the molecule is C=CC(N)c1cnc(C(N)C=C)c(=O)[nH]1. The van der Waals surface area contributed by atoms with Crippen LogP contribution in [0.15, 0.2) is 36.3 Å². The summed E-state index contributed by atoms with van der Waals surface area (Å²) in [4.78, 5) is 18.1. The van der Waals surface area contributed by atoms with Crippen LogP contribution in [0.3, 0.4) is 0 Å². The van der Waals surface area contributed by atoms with E-state index in [4.69, 9.17) is 11.5 Å². The molecule has 1 heterocycles. The molecule has 1 aromatic rings. The Labute approximate surface area is 87.5 Å². The van der Waals surface area contributed by atoms with Gasteiger partial charge in [-0.2, -0.15) is 0 Å². The highest BCUT2D eigenvalue weighted by Gasteiger charge is 2.10. The van der Waals surface area contributed by atoms with Crippen LogP contribution in [0, 0.1) is 0 Å². The van der Waals surface area contributed by atoms with Crippen molar-refractivity contribution in [2.45, 2.75) is 12.1 Å². The monoisotopic (exact) mass is 206 g/mol. The minimum atomic E-state index is -0.567. The van der Waals surface area contributed by atoms with Crippen molar-refractivity contribution in [3.8, 4) is 0 Å². The average Bonchev–Trinajstić information content (AvgIpc) is 2.26. The molecule has 80 valence electrons. The molecule has 0 aliphatic carbocycles. The Balaban J connectivity index is 3.14. The minimum Gasteiger partial charge on any atom is -0.321 e. The van der Waals surface area contributed by atoms with E-state index >= 15 is 0 Å². The lowest BCUT2D eigenvalue weighted by atomic mass is 10.2. The zero-order valence-electron chi connectivity index (χ0n) is 8.31. The molecule has 0 spiro atoms. The molecule has 0 aromatic carbocycles. The normalized spacial score (nSPS) is 14.3. The fourth-order valence-electron chi connectivity index (χ4n) is 1.07.